The topological polar surface area (TPSA) is 38.5 Å². The molecule has 0 amide bonds. The van der Waals surface area contributed by atoms with Crippen LogP contribution in [0.5, 0.6) is 0 Å². The fourth-order valence-corrected chi connectivity index (χ4v) is 4.56. The van der Waals surface area contributed by atoms with Crippen LogP contribution in [0.25, 0.3) is 0 Å². The van der Waals surface area contributed by atoms with E-state index in [1.54, 1.807) is 0 Å². The van der Waals surface area contributed by atoms with Gasteiger partial charge in [-0.1, -0.05) is 6.42 Å². The van der Waals surface area contributed by atoms with E-state index in [4.69, 9.17) is 10.5 Å². The molecule has 0 aromatic carbocycles. The third kappa shape index (κ3) is 1.92. The lowest BCUT2D eigenvalue weighted by atomic mass is 9.79. The Kier molecular flexibility index (Phi) is 3.18. The molecule has 17 heavy (non-hydrogen) atoms. The second-order valence-corrected chi connectivity index (χ2v) is 6.40. The Morgan fingerprint density at radius 1 is 1.35 bits per heavy atom. The fraction of sp³-hybridized carbons (Fsp3) is 1.00. The van der Waals surface area contributed by atoms with Gasteiger partial charge in [0.05, 0.1) is 6.10 Å². The zero-order valence-corrected chi connectivity index (χ0v) is 11.0. The van der Waals surface area contributed by atoms with Crippen LogP contribution in [0.2, 0.25) is 0 Å². The minimum absolute atomic E-state index is 0.300. The van der Waals surface area contributed by atoms with Gasteiger partial charge >= 0.3 is 0 Å². The molecule has 3 fully saturated rings. The average molecular weight is 238 g/mol. The van der Waals surface area contributed by atoms with Crippen molar-refractivity contribution in [2.24, 2.45) is 17.6 Å². The van der Waals surface area contributed by atoms with Gasteiger partial charge in [-0.3, -0.25) is 4.90 Å². The number of ether oxygens (including phenoxy) is 1. The summed E-state index contributed by atoms with van der Waals surface area (Å²) in [5, 5.41) is 0. The van der Waals surface area contributed by atoms with Gasteiger partial charge in [-0.05, 0) is 51.0 Å². The molecular formula is C14H26N2O. The SMILES string of the molecule is CN(CC1CCCO1)C1(CN)CC2CCC1C2. The Bertz CT molecular complexity index is 277. The quantitative estimate of drug-likeness (QED) is 0.809. The van der Waals surface area contributed by atoms with E-state index < -0.39 is 0 Å². The maximum Gasteiger partial charge on any atom is 0.0702 e. The summed E-state index contributed by atoms with van der Waals surface area (Å²) in [6.45, 7) is 2.87. The molecule has 1 saturated heterocycles. The number of fused-ring (bicyclic) bond motifs is 2. The summed E-state index contributed by atoms with van der Waals surface area (Å²) in [5.41, 5.74) is 6.45. The second-order valence-electron chi connectivity index (χ2n) is 6.40. The maximum absolute atomic E-state index is 6.15. The summed E-state index contributed by atoms with van der Waals surface area (Å²) >= 11 is 0. The molecule has 0 spiro atoms. The van der Waals surface area contributed by atoms with E-state index >= 15 is 0 Å². The molecule has 1 aliphatic heterocycles. The molecule has 3 heteroatoms. The minimum atomic E-state index is 0.300. The Labute approximate surface area is 105 Å². The van der Waals surface area contributed by atoms with E-state index in [1.165, 1.54) is 38.5 Å². The van der Waals surface area contributed by atoms with E-state index in [0.29, 0.717) is 11.6 Å². The van der Waals surface area contributed by atoms with Crippen LogP contribution in [0.15, 0.2) is 0 Å². The highest BCUT2D eigenvalue weighted by molar-refractivity contribution is 5.07. The molecule has 1 heterocycles. The van der Waals surface area contributed by atoms with Crippen molar-refractivity contribution in [2.75, 3.05) is 26.7 Å². The Hall–Kier alpha value is -0.120. The normalized spacial score (nSPS) is 45.0. The van der Waals surface area contributed by atoms with Gasteiger partial charge in [0, 0.05) is 25.2 Å². The van der Waals surface area contributed by atoms with Gasteiger partial charge in [0.25, 0.3) is 0 Å². The zero-order valence-electron chi connectivity index (χ0n) is 11.0. The van der Waals surface area contributed by atoms with E-state index in [1.807, 2.05) is 0 Å². The molecule has 3 nitrogen and oxygen atoms in total. The van der Waals surface area contributed by atoms with Crippen LogP contribution in [0, 0.1) is 11.8 Å². The van der Waals surface area contributed by atoms with Gasteiger partial charge in [-0.15, -0.1) is 0 Å². The van der Waals surface area contributed by atoms with Crippen LogP contribution in [0.3, 0.4) is 0 Å². The highest BCUT2D eigenvalue weighted by Gasteiger charge is 2.52. The number of hydrogen-bond acceptors (Lipinski definition) is 3. The molecule has 2 aliphatic carbocycles. The molecule has 2 N–H and O–H groups in total. The highest BCUT2D eigenvalue weighted by atomic mass is 16.5. The summed E-state index contributed by atoms with van der Waals surface area (Å²) in [5.74, 6) is 1.80. The van der Waals surface area contributed by atoms with Gasteiger partial charge in [0.2, 0.25) is 0 Å². The summed E-state index contributed by atoms with van der Waals surface area (Å²) in [6, 6.07) is 0. The van der Waals surface area contributed by atoms with Crippen LogP contribution in [-0.2, 0) is 4.74 Å². The van der Waals surface area contributed by atoms with Gasteiger partial charge in [0.1, 0.15) is 0 Å². The molecule has 0 aromatic heterocycles. The first-order valence-corrected chi connectivity index (χ1v) is 7.27. The van der Waals surface area contributed by atoms with Crippen molar-refractivity contribution in [3.05, 3.63) is 0 Å². The number of likely N-dealkylation sites (N-methyl/N-ethyl adjacent to an activating group) is 1. The molecule has 0 radical (unpaired) electrons. The lowest BCUT2D eigenvalue weighted by molar-refractivity contribution is 0.0115. The Morgan fingerprint density at radius 2 is 2.24 bits per heavy atom. The third-order valence-corrected chi connectivity index (χ3v) is 5.56. The van der Waals surface area contributed by atoms with Gasteiger partial charge in [-0.2, -0.15) is 0 Å². The average Bonchev–Trinajstić information content (AvgIpc) is 3.04. The standard InChI is InChI=1S/C14H26N2O/c1-16(9-13-3-2-6-17-13)14(10-15)8-11-4-5-12(14)7-11/h11-13H,2-10,15H2,1H3. The number of rotatable bonds is 4. The van der Waals surface area contributed by atoms with Crippen molar-refractivity contribution in [1.82, 2.24) is 4.90 Å². The summed E-state index contributed by atoms with van der Waals surface area (Å²) in [7, 11) is 2.27. The summed E-state index contributed by atoms with van der Waals surface area (Å²) < 4.78 is 5.77. The maximum atomic E-state index is 6.15. The zero-order chi connectivity index (χ0) is 11.9. The Morgan fingerprint density at radius 3 is 2.76 bits per heavy atom. The van der Waals surface area contributed by atoms with Gasteiger partial charge in [0.15, 0.2) is 0 Å². The van der Waals surface area contributed by atoms with Gasteiger partial charge in [-0.25, -0.2) is 0 Å². The molecule has 4 unspecified atom stereocenters. The van der Waals surface area contributed by atoms with Crippen LogP contribution in [0.4, 0.5) is 0 Å². The molecule has 0 aromatic rings. The van der Waals surface area contributed by atoms with Gasteiger partial charge < -0.3 is 10.5 Å². The molecule has 3 rings (SSSR count). The smallest absolute Gasteiger partial charge is 0.0702 e. The third-order valence-electron chi connectivity index (χ3n) is 5.56. The van der Waals surface area contributed by atoms with Crippen LogP contribution in [0.1, 0.15) is 38.5 Å². The minimum Gasteiger partial charge on any atom is -0.377 e. The largest absolute Gasteiger partial charge is 0.377 e. The lowest BCUT2D eigenvalue weighted by Gasteiger charge is -2.45. The monoisotopic (exact) mass is 238 g/mol. The predicted molar refractivity (Wildman–Crippen MR) is 68.8 cm³/mol. The van der Waals surface area contributed by atoms with E-state index in [-0.39, 0.29) is 0 Å². The first-order chi connectivity index (χ1) is 8.24. The number of nitrogens with zero attached hydrogens (tertiary/aromatic N) is 1. The second kappa shape index (κ2) is 4.52. The van der Waals surface area contributed by atoms with Crippen LogP contribution in [-0.4, -0.2) is 43.3 Å². The summed E-state index contributed by atoms with van der Waals surface area (Å²) in [6.07, 6.45) is 8.53. The molecule has 4 atom stereocenters. The van der Waals surface area contributed by atoms with Crippen molar-refractivity contribution >= 4 is 0 Å². The van der Waals surface area contributed by atoms with Crippen LogP contribution < -0.4 is 5.73 Å². The first kappa shape index (κ1) is 11.9. The lowest BCUT2D eigenvalue weighted by Crippen LogP contribution is -2.57. The first-order valence-electron chi connectivity index (χ1n) is 7.27. The van der Waals surface area contributed by atoms with Crippen molar-refractivity contribution < 1.29 is 4.74 Å². The summed E-state index contributed by atoms with van der Waals surface area (Å²) in [4.78, 5) is 2.55. The van der Waals surface area contributed by atoms with E-state index in [0.717, 1.165) is 31.5 Å². The molecule has 3 aliphatic rings. The molecule has 2 saturated carbocycles. The number of hydrogen-bond donors (Lipinski definition) is 1. The molecule has 98 valence electrons. The van der Waals surface area contributed by atoms with E-state index in [9.17, 15) is 0 Å². The van der Waals surface area contributed by atoms with Crippen molar-refractivity contribution in [2.45, 2.75) is 50.2 Å². The number of nitrogens with two attached hydrogens (primary N) is 1. The highest BCUT2D eigenvalue weighted by Crippen LogP contribution is 2.52. The van der Waals surface area contributed by atoms with Crippen molar-refractivity contribution in [3.8, 4) is 0 Å². The fourth-order valence-electron chi connectivity index (χ4n) is 4.56. The Balaban J connectivity index is 1.67. The molecular weight excluding hydrogens is 212 g/mol. The predicted octanol–water partition coefficient (Wildman–Crippen LogP) is 1.61. The van der Waals surface area contributed by atoms with Crippen molar-refractivity contribution in [1.29, 1.82) is 0 Å². The van der Waals surface area contributed by atoms with E-state index in [2.05, 4.69) is 11.9 Å². The van der Waals surface area contributed by atoms with Crippen molar-refractivity contribution in [3.63, 3.8) is 0 Å². The molecule has 2 bridgehead atoms. The van der Waals surface area contributed by atoms with Crippen LogP contribution >= 0.6 is 0 Å².